The predicted octanol–water partition coefficient (Wildman–Crippen LogP) is 2.02. The Morgan fingerprint density at radius 2 is 2.20 bits per heavy atom. The topological polar surface area (TPSA) is 83.8 Å². The van der Waals surface area contributed by atoms with Gasteiger partial charge in [0.2, 0.25) is 5.88 Å². The third kappa shape index (κ3) is 2.11. The van der Waals surface area contributed by atoms with Crippen LogP contribution in [0.3, 0.4) is 0 Å². The van der Waals surface area contributed by atoms with Gasteiger partial charge in [-0.2, -0.15) is 4.98 Å². The van der Waals surface area contributed by atoms with Gasteiger partial charge in [0.1, 0.15) is 5.69 Å². The fourth-order valence-electron chi connectivity index (χ4n) is 2.94. The molecular formula is C14H18N4O2. The van der Waals surface area contributed by atoms with E-state index >= 15 is 0 Å². The third-order valence-corrected chi connectivity index (χ3v) is 3.99. The molecule has 0 spiro atoms. The van der Waals surface area contributed by atoms with Gasteiger partial charge in [-0.25, -0.2) is 4.98 Å². The number of nitrogens with zero attached hydrogens (tertiary/aromatic N) is 3. The van der Waals surface area contributed by atoms with Crippen LogP contribution in [0.4, 0.5) is 0 Å². The Morgan fingerprint density at radius 1 is 1.45 bits per heavy atom. The van der Waals surface area contributed by atoms with Gasteiger partial charge in [0.05, 0.1) is 18.1 Å². The Balaban J connectivity index is 2.06. The van der Waals surface area contributed by atoms with E-state index in [-0.39, 0.29) is 17.4 Å². The lowest BCUT2D eigenvalue weighted by molar-refractivity contribution is 0.436. The van der Waals surface area contributed by atoms with Gasteiger partial charge in [-0.1, -0.05) is 12.8 Å². The van der Waals surface area contributed by atoms with E-state index in [4.69, 9.17) is 0 Å². The number of nitrogens with one attached hydrogen (secondary N) is 1. The fourth-order valence-corrected chi connectivity index (χ4v) is 2.94. The van der Waals surface area contributed by atoms with Crippen molar-refractivity contribution in [2.75, 3.05) is 0 Å². The van der Waals surface area contributed by atoms with Crippen LogP contribution in [0.25, 0.3) is 11.5 Å². The molecule has 106 valence electrons. The molecule has 2 N–H and O–H groups in total. The smallest absolute Gasteiger partial charge is 0.258 e. The first-order chi connectivity index (χ1) is 9.70. The normalized spacial score (nSPS) is 15.8. The van der Waals surface area contributed by atoms with E-state index in [1.54, 1.807) is 12.5 Å². The monoisotopic (exact) mass is 274 g/mol. The second-order valence-electron chi connectivity index (χ2n) is 5.20. The molecule has 0 amide bonds. The Morgan fingerprint density at radius 3 is 2.85 bits per heavy atom. The van der Waals surface area contributed by atoms with Gasteiger partial charge in [-0.05, 0) is 25.7 Å². The molecule has 0 bridgehead atoms. The predicted molar refractivity (Wildman–Crippen MR) is 74.6 cm³/mol. The zero-order valence-electron chi connectivity index (χ0n) is 11.5. The molecule has 1 saturated carbocycles. The molecule has 0 aromatic carbocycles. The van der Waals surface area contributed by atoms with Gasteiger partial charge in [0.25, 0.3) is 5.56 Å². The largest absolute Gasteiger partial charge is 0.493 e. The second kappa shape index (κ2) is 5.11. The van der Waals surface area contributed by atoms with Crippen molar-refractivity contribution in [3.63, 3.8) is 0 Å². The molecule has 3 rings (SSSR count). The summed E-state index contributed by atoms with van der Waals surface area (Å²) in [7, 11) is 0. The summed E-state index contributed by atoms with van der Waals surface area (Å²) < 4.78 is 1.87. The Kier molecular flexibility index (Phi) is 3.30. The Hall–Kier alpha value is -2.11. The molecule has 0 radical (unpaired) electrons. The first-order valence-corrected chi connectivity index (χ1v) is 7.04. The summed E-state index contributed by atoms with van der Waals surface area (Å²) >= 11 is 0. The Labute approximate surface area is 116 Å². The van der Waals surface area contributed by atoms with Crippen LogP contribution in [0.2, 0.25) is 0 Å². The number of aromatic nitrogens is 4. The number of aryl methyl sites for hydroxylation is 1. The van der Waals surface area contributed by atoms with Crippen molar-refractivity contribution in [2.24, 2.45) is 0 Å². The van der Waals surface area contributed by atoms with Crippen LogP contribution in [0.15, 0.2) is 17.3 Å². The molecular weight excluding hydrogens is 256 g/mol. The maximum Gasteiger partial charge on any atom is 0.258 e. The highest BCUT2D eigenvalue weighted by Gasteiger charge is 2.25. The summed E-state index contributed by atoms with van der Waals surface area (Å²) in [5.74, 6) is 0.365. The second-order valence-corrected chi connectivity index (χ2v) is 5.20. The van der Waals surface area contributed by atoms with Crippen LogP contribution in [0.1, 0.15) is 44.1 Å². The molecule has 6 nitrogen and oxygen atoms in total. The van der Waals surface area contributed by atoms with E-state index < -0.39 is 0 Å². The number of hydrogen-bond donors (Lipinski definition) is 2. The molecule has 0 unspecified atom stereocenters. The molecule has 1 aliphatic rings. The van der Waals surface area contributed by atoms with E-state index in [0.29, 0.717) is 17.1 Å². The minimum atomic E-state index is -0.233. The van der Waals surface area contributed by atoms with Crippen molar-refractivity contribution in [1.82, 2.24) is 19.5 Å². The summed E-state index contributed by atoms with van der Waals surface area (Å²) in [6.45, 7) is 2.71. The van der Waals surface area contributed by atoms with Crippen molar-refractivity contribution in [1.29, 1.82) is 0 Å². The van der Waals surface area contributed by atoms with E-state index in [9.17, 15) is 9.90 Å². The van der Waals surface area contributed by atoms with Gasteiger partial charge in [0, 0.05) is 6.54 Å². The highest BCUT2D eigenvalue weighted by Crippen LogP contribution is 2.35. The maximum absolute atomic E-state index is 12.3. The van der Waals surface area contributed by atoms with Gasteiger partial charge in [0.15, 0.2) is 5.82 Å². The summed E-state index contributed by atoms with van der Waals surface area (Å²) in [4.78, 5) is 23.3. The Bertz CT molecular complexity index is 668. The molecule has 0 saturated heterocycles. The molecule has 0 atom stereocenters. The van der Waals surface area contributed by atoms with Gasteiger partial charge >= 0.3 is 0 Å². The average Bonchev–Trinajstić information content (AvgIpc) is 3.08. The van der Waals surface area contributed by atoms with E-state index in [2.05, 4.69) is 15.0 Å². The summed E-state index contributed by atoms with van der Waals surface area (Å²) in [6, 6.07) is 0. The molecule has 1 fully saturated rings. The first-order valence-electron chi connectivity index (χ1n) is 7.04. The quantitative estimate of drug-likeness (QED) is 0.896. The third-order valence-electron chi connectivity index (χ3n) is 3.99. The van der Waals surface area contributed by atoms with E-state index in [0.717, 1.165) is 32.2 Å². The van der Waals surface area contributed by atoms with Crippen LogP contribution >= 0.6 is 0 Å². The highest BCUT2D eigenvalue weighted by molar-refractivity contribution is 5.50. The molecule has 2 aromatic heterocycles. The lowest BCUT2D eigenvalue weighted by atomic mass is 10.00. The zero-order valence-corrected chi connectivity index (χ0v) is 11.5. The van der Waals surface area contributed by atoms with Crippen molar-refractivity contribution in [2.45, 2.75) is 45.1 Å². The van der Waals surface area contributed by atoms with Gasteiger partial charge < -0.3 is 14.7 Å². The van der Waals surface area contributed by atoms with Gasteiger partial charge in [-0.3, -0.25) is 4.79 Å². The van der Waals surface area contributed by atoms with Crippen molar-refractivity contribution >= 4 is 0 Å². The van der Waals surface area contributed by atoms with Crippen LogP contribution in [-0.4, -0.2) is 24.6 Å². The number of aromatic amines is 1. The molecule has 1 aliphatic carbocycles. The van der Waals surface area contributed by atoms with E-state index in [1.165, 1.54) is 0 Å². The number of imidazole rings is 1. The minimum absolute atomic E-state index is 0.136. The summed E-state index contributed by atoms with van der Waals surface area (Å²) in [5.41, 5.74) is 0.912. The van der Waals surface area contributed by atoms with Crippen LogP contribution in [0.5, 0.6) is 5.88 Å². The highest BCUT2D eigenvalue weighted by atomic mass is 16.3. The van der Waals surface area contributed by atoms with Crippen LogP contribution in [-0.2, 0) is 6.54 Å². The van der Waals surface area contributed by atoms with Crippen molar-refractivity contribution in [3.8, 4) is 17.4 Å². The van der Waals surface area contributed by atoms with Gasteiger partial charge in [-0.15, -0.1) is 0 Å². The SMILES string of the molecule is CCn1cncc1-c1nc(O)c(C2CCCC2)c(=O)[nH]1. The number of H-pyrrole nitrogens is 1. The fraction of sp³-hybridized carbons (Fsp3) is 0.500. The molecule has 6 heteroatoms. The standard InChI is InChI=1S/C14H18N4O2/c1-2-18-8-15-7-10(18)12-16-13(19)11(14(20)17-12)9-5-3-4-6-9/h7-9H,2-6H2,1H3,(H2,16,17,19,20). The zero-order chi connectivity index (χ0) is 14.1. The minimum Gasteiger partial charge on any atom is -0.493 e. The van der Waals surface area contributed by atoms with E-state index in [1.807, 2.05) is 11.5 Å². The number of hydrogen-bond acceptors (Lipinski definition) is 4. The first kappa shape index (κ1) is 12.9. The average molecular weight is 274 g/mol. The van der Waals surface area contributed by atoms with Crippen molar-refractivity contribution < 1.29 is 5.11 Å². The number of rotatable bonds is 3. The number of aromatic hydroxyl groups is 1. The molecule has 20 heavy (non-hydrogen) atoms. The maximum atomic E-state index is 12.3. The summed E-state index contributed by atoms with van der Waals surface area (Å²) in [5, 5.41) is 10.1. The van der Waals surface area contributed by atoms with Crippen LogP contribution in [0, 0.1) is 0 Å². The summed E-state index contributed by atoms with van der Waals surface area (Å²) in [6.07, 6.45) is 7.42. The van der Waals surface area contributed by atoms with Crippen molar-refractivity contribution in [3.05, 3.63) is 28.4 Å². The lowest BCUT2D eigenvalue weighted by Gasteiger charge is -2.11. The molecule has 2 aromatic rings. The molecule has 0 aliphatic heterocycles. The lowest BCUT2D eigenvalue weighted by Crippen LogP contribution is -2.18. The molecule has 2 heterocycles. The van der Waals surface area contributed by atoms with Crippen LogP contribution < -0.4 is 5.56 Å².